The zero-order valence-corrected chi connectivity index (χ0v) is 21.4. The highest BCUT2D eigenvalue weighted by Gasteiger charge is 2.45. The number of Topliss-reactive ketones (excluding diaryl/α,β-unsaturated/α-hetero) is 1. The number of hydrogen-bond acceptors (Lipinski definition) is 6. The minimum Gasteiger partial charge on any atom is -0.507 e. The molecule has 0 bridgehead atoms. The van der Waals surface area contributed by atoms with Crippen molar-refractivity contribution in [1.82, 2.24) is 4.90 Å². The Morgan fingerprint density at radius 3 is 2.22 bits per heavy atom. The van der Waals surface area contributed by atoms with Gasteiger partial charge in [-0.3, -0.25) is 9.59 Å². The lowest BCUT2D eigenvalue weighted by Gasteiger charge is -2.25. The van der Waals surface area contributed by atoms with Gasteiger partial charge in [0.1, 0.15) is 11.5 Å². The van der Waals surface area contributed by atoms with E-state index in [1.165, 1.54) is 4.90 Å². The minimum absolute atomic E-state index is 0.00789. The fourth-order valence-electron chi connectivity index (χ4n) is 4.50. The standard InChI is InChI=1S/C30H31NO6/c1-19(2)37-23-13-11-22(12-14-23)28(32)26-27(21-8-6-5-7-9-21)31(30(34)29(26)33)17-16-20-10-15-24(35-3)25(18-20)36-4/h5-15,18-19,27,32H,16-17H2,1-4H3/b28-26+. The van der Waals surface area contributed by atoms with Gasteiger partial charge in [-0.1, -0.05) is 36.4 Å². The molecule has 7 nitrogen and oxygen atoms in total. The molecule has 3 aromatic rings. The van der Waals surface area contributed by atoms with Gasteiger partial charge in [0.25, 0.3) is 11.7 Å². The van der Waals surface area contributed by atoms with Crippen LogP contribution in [-0.4, -0.2) is 48.6 Å². The van der Waals surface area contributed by atoms with E-state index in [4.69, 9.17) is 14.2 Å². The number of ketones is 1. The largest absolute Gasteiger partial charge is 0.507 e. The third-order valence-electron chi connectivity index (χ3n) is 6.24. The van der Waals surface area contributed by atoms with Crippen LogP contribution in [-0.2, 0) is 16.0 Å². The number of ether oxygens (including phenoxy) is 3. The normalized spacial score (nSPS) is 16.8. The van der Waals surface area contributed by atoms with Crippen molar-refractivity contribution in [2.24, 2.45) is 0 Å². The second-order valence-electron chi connectivity index (χ2n) is 9.03. The van der Waals surface area contributed by atoms with Crippen molar-refractivity contribution in [3.63, 3.8) is 0 Å². The number of aliphatic hydroxyl groups excluding tert-OH is 1. The minimum atomic E-state index is -0.715. The molecule has 1 heterocycles. The molecule has 0 aliphatic carbocycles. The van der Waals surface area contributed by atoms with Gasteiger partial charge in [-0.05, 0) is 67.8 Å². The number of aliphatic hydroxyl groups is 1. The molecule has 0 saturated carbocycles. The van der Waals surface area contributed by atoms with Crippen LogP contribution in [0.15, 0.2) is 78.4 Å². The summed E-state index contributed by atoms with van der Waals surface area (Å²) in [5.41, 5.74) is 2.18. The maximum atomic E-state index is 13.3. The maximum Gasteiger partial charge on any atom is 0.295 e. The fraction of sp³-hybridized carbons (Fsp3) is 0.267. The molecule has 1 saturated heterocycles. The molecule has 1 N–H and O–H groups in total. The first-order valence-electron chi connectivity index (χ1n) is 12.2. The molecular formula is C30H31NO6. The van der Waals surface area contributed by atoms with Gasteiger partial charge < -0.3 is 24.2 Å². The number of benzene rings is 3. The van der Waals surface area contributed by atoms with E-state index in [9.17, 15) is 14.7 Å². The fourth-order valence-corrected chi connectivity index (χ4v) is 4.50. The van der Waals surface area contributed by atoms with Gasteiger partial charge in [0, 0.05) is 12.1 Å². The van der Waals surface area contributed by atoms with Crippen molar-refractivity contribution < 1.29 is 28.9 Å². The van der Waals surface area contributed by atoms with E-state index in [0.29, 0.717) is 29.2 Å². The molecule has 4 rings (SSSR count). The van der Waals surface area contributed by atoms with Crippen LogP contribution in [0.1, 0.15) is 36.6 Å². The van der Waals surface area contributed by atoms with Crippen molar-refractivity contribution in [3.05, 3.63) is 95.1 Å². The summed E-state index contributed by atoms with van der Waals surface area (Å²) < 4.78 is 16.4. The topological polar surface area (TPSA) is 85.3 Å². The van der Waals surface area contributed by atoms with E-state index in [-0.39, 0.29) is 24.0 Å². The SMILES string of the molecule is COc1ccc(CCN2C(=O)C(=O)/C(=C(/O)c3ccc(OC(C)C)cc3)C2c2ccccc2)cc1OC. The Bertz CT molecular complexity index is 1300. The van der Waals surface area contributed by atoms with Crippen molar-refractivity contribution >= 4 is 17.4 Å². The molecule has 1 amide bonds. The average Bonchev–Trinajstić information content (AvgIpc) is 3.16. The Labute approximate surface area is 216 Å². The molecule has 1 atom stereocenters. The van der Waals surface area contributed by atoms with Crippen molar-refractivity contribution in [3.8, 4) is 17.2 Å². The Kier molecular flexibility index (Phi) is 7.82. The molecule has 0 aromatic heterocycles. The molecule has 3 aromatic carbocycles. The first kappa shape index (κ1) is 25.8. The molecular weight excluding hydrogens is 470 g/mol. The van der Waals surface area contributed by atoms with E-state index < -0.39 is 17.7 Å². The van der Waals surface area contributed by atoms with Crippen LogP contribution < -0.4 is 14.2 Å². The zero-order valence-electron chi connectivity index (χ0n) is 21.4. The number of amides is 1. The van der Waals surface area contributed by atoms with Gasteiger partial charge in [-0.15, -0.1) is 0 Å². The van der Waals surface area contributed by atoms with E-state index in [0.717, 1.165) is 11.1 Å². The van der Waals surface area contributed by atoms with Crippen LogP contribution >= 0.6 is 0 Å². The van der Waals surface area contributed by atoms with Crippen LogP contribution in [0.2, 0.25) is 0 Å². The number of nitrogens with zero attached hydrogens (tertiary/aromatic N) is 1. The second-order valence-corrected chi connectivity index (χ2v) is 9.03. The van der Waals surface area contributed by atoms with Gasteiger partial charge in [0.15, 0.2) is 11.5 Å². The van der Waals surface area contributed by atoms with Gasteiger partial charge >= 0.3 is 0 Å². The van der Waals surface area contributed by atoms with Crippen molar-refractivity contribution in [2.75, 3.05) is 20.8 Å². The lowest BCUT2D eigenvalue weighted by atomic mass is 9.95. The maximum absolute atomic E-state index is 13.3. The summed E-state index contributed by atoms with van der Waals surface area (Å²) in [5.74, 6) is 0.294. The van der Waals surface area contributed by atoms with Crippen LogP contribution in [0, 0.1) is 0 Å². The number of methoxy groups -OCH3 is 2. The molecule has 1 aliphatic heterocycles. The summed E-state index contributed by atoms with van der Waals surface area (Å²) in [6.07, 6.45) is 0.492. The smallest absolute Gasteiger partial charge is 0.295 e. The summed E-state index contributed by atoms with van der Waals surface area (Å²) in [5, 5.41) is 11.3. The molecule has 0 radical (unpaired) electrons. The van der Waals surface area contributed by atoms with E-state index >= 15 is 0 Å². The highest BCUT2D eigenvalue weighted by atomic mass is 16.5. The van der Waals surface area contributed by atoms with Crippen molar-refractivity contribution in [1.29, 1.82) is 0 Å². The number of hydrogen-bond donors (Lipinski definition) is 1. The predicted molar refractivity (Wildman–Crippen MR) is 141 cm³/mol. The predicted octanol–water partition coefficient (Wildman–Crippen LogP) is 5.16. The second kappa shape index (κ2) is 11.2. The summed E-state index contributed by atoms with van der Waals surface area (Å²) in [7, 11) is 3.14. The first-order chi connectivity index (χ1) is 17.8. The molecule has 37 heavy (non-hydrogen) atoms. The number of carbonyl (C=O) groups is 2. The quantitative estimate of drug-likeness (QED) is 0.248. The molecule has 1 unspecified atom stereocenters. The summed E-state index contributed by atoms with van der Waals surface area (Å²) in [6.45, 7) is 4.13. The monoisotopic (exact) mass is 501 g/mol. The lowest BCUT2D eigenvalue weighted by molar-refractivity contribution is -0.139. The highest BCUT2D eigenvalue weighted by molar-refractivity contribution is 6.46. The molecule has 192 valence electrons. The van der Waals surface area contributed by atoms with Crippen LogP contribution in [0.3, 0.4) is 0 Å². The van der Waals surface area contributed by atoms with E-state index in [1.54, 1.807) is 38.5 Å². The van der Waals surface area contributed by atoms with Gasteiger partial charge in [-0.25, -0.2) is 0 Å². The zero-order chi connectivity index (χ0) is 26.5. The van der Waals surface area contributed by atoms with Gasteiger partial charge in [-0.2, -0.15) is 0 Å². The summed E-state index contributed by atoms with van der Waals surface area (Å²) in [4.78, 5) is 28.0. The van der Waals surface area contributed by atoms with E-state index in [1.807, 2.05) is 62.4 Å². The highest BCUT2D eigenvalue weighted by Crippen LogP contribution is 2.39. The lowest BCUT2D eigenvalue weighted by Crippen LogP contribution is -2.31. The number of likely N-dealkylation sites (tertiary alicyclic amines) is 1. The van der Waals surface area contributed by atoms with Gasteiger partial charge in [0.2, 0.25) is 0 Å². The van der Waals surface area contributed by atoms with Crippen LogP contribution in [0.4, 0.5) is 0 Å². The van der Waals surface area contributed by atoms with E-state index in [2.05, 4.69) is 0 Å². The van der Waals surface area contributed by atoms with Gasteiger partial charge in [0.05, 0.1) is 31.9 Å². The van der Waals surface area contributed by atoms with Crippen LogP contribution in [0.25, 0.3) is 5.76 Å². The summed E-state index contributed by atoms with van der Waals surface area (Å²) >= 11 is 0. The Hall–Kier alpha value is -4.26. The van der Waals surface area contributed by atoms with Crippen molar-refractivity contribution in [2.45, 2.75) is 32.4 Å². The Morgan fingerprint density at radius 2 is 1.59 bits per heavy atom. The summed E-state index contributed by atoms with van der Waals surface area (Å²) in [6, 6.07) is 21.0. The number of carbonyl (C=O) groups excluding carboxylic acids is 2. The first-order valence-corrected chi connectivity index (χ1v) is 12.2. The number of rotatable bonds is 9. The molecule has 0 spiro atoms. The average molecular weight is 502 g/mol. The third-order valence-corrected chi connectivity index (χ3v) is 6.24. The van der Waals surface area contributed by atoms with Crippen LogP contribution in [0.5, 0.6) is 17.2 Å². The Balaban J connectivity index is 1.69. The third kappa shape index (κ3) is 5.45. The molecule has 1 fully saturated rings. The Morgan fingerprint density at radius 1 is 0.919 bits per heavy atom. The molecule has 7 heteroatoms. The molecule has 1 aliphatic rings.